The Labute approximate surface area is 180 Å². The van der Waals surface area contributed by atoms with Gasteiger partial charge in [0.25, 0.3) is 0 Å². The number of amides is 1. The zero-order valence-corrected chi connectivity index (χ0v) is 18.3. The summed E-state index contributed by atoms with van der Waals surface area (Å²) in [6, 6.07) is 14.2. The third-order valence-electron chi connectivity index (χ3n) is 5.18. The number of carbonyl (C=O) groups excluding carboxylic acids is 1. The molecule has 0 unspecified atom stereocenters. The second-order valence-corrected chi connectivity index (χ2v) is 8.90. The predicted octanol–water partition coefficient (Wildman–Crippen LogP) is 4.78. The molecule has 2 heterocycles. The molecule has 2 aromatic carbocycles. The molecule has 4 rings (SSSR count). The van der Waals surface area contributed by atoms with E-state index in [0.717, 1.165) is 22.4 Å². The molecule has 30 heavy (non-hydrogen) atoms. The number of methoxy groups -OCH3 is 1. The first-order valence-corrected chi connectivity index (χ1v) is 10.8. The maximum absolute atomic E-state index is 12.4. The van der Waals surface area contributed by atoms with Crippen LogP contribution >= 0.6 is 11.8 Å². The highest BCUT2D eigenvalue weighted by Crippen LogP contribution is 2.46. The summed E-state index contributed by atoms with van der Waals surface area (Å²) in [6.07, 6.45) is 0. The zero-order chi connectivity index (χ0) is 21.3. The van der Waals surface area contributed by atoms with Crippen LogP contribution in [0.4, 0.5) is 5.82 Å². The standard InChI is InChI=1S/C23H25N3O3S/c1-13-6-5-7-16(10-13)12-29-18-9-8-17(11-19(18)28-4)21-20-14(2)25-26-22(20)24-23(27)15(3)30-21/h5-11,15,21H,12H2,1-4H3,(H2,24,25,26,27)/t15-,21-/m1/s1. The number of H-pyrrole nitrogens is 1. The van der Waals surface area contributed by atoms with E-state index in [2.05, 4.69) is 34.6 Å². The van der Waals surface area contributed by atoms with Crippen LogP contribution in [-0.2, 0) is 11.4 Å². The van der Waals surface area contributed by atoms with Gasteiger partial charge in [0, 0.05) is 11.3 Å². The molecule has 0 fully saturated rings. The predicted molar refractivity (Wildman–Crippen MR) is 119 cm³/mol. The normalized spacial score (nSPS) is 18.3. The van der Waals surface area contributed by atoms with Crippen molar-refractivity contribution >= 4 is 23.5 Å². The van der Waals surface area contributed by atoms with Gasteiger partial charge in [-0.2, -0.15) is 5.10 Å². The summed E-state index contributed by atoms with van der Waals surface area (Å²) in [5.74, 6) is 1.91. The maximum Gasteiger partial charge on any atom is 0.238 e. The first-order chi connectivity index (χ1) is 14.5. The number of aromatic amines is 1. The number of nitrogens with one attached hydrogen (secondary N) is 2. The molecule has 1 aromatic heterocycles. The van der Waals surface area contributed by atoms with Gasteiger partial charge in [-0.15, -0.1) is 11.8 Å². The minimum Gasteiger partial charge on any atom is -0.493 e. The number of nitrogens with zero attached hydrogens (tertiary/aromatic N) is 1. The van der Waals surface area contributed by atoms with Gasteiger partial charge in [-0.1, -0.05) is 35.9 Å². The summed E-state index contributed by atoms with van der Waals surface area (Å²) in [5.41, 5.74) is 5.28. The second-order valence-electron chi connectivity index (χ2n) is 7.45. The van der Waals surface area contributed by atoms with Gasteiger partial charge >= 0.3 is 0 Å². The van der Waals surface area contributed by atoms with Crippen LogP contribution in [0.25, 0.3) is 0 Å². The lowest BCUT2D eigenvalue weighted by atomic mass is 10.0. The van der Waals surface area contributed by atoms with Crippen LogP contribution in [0.1, 0.15) is 40.1 Å². The van der Waals surface area contributed by atoms with Crippen molar-refractivity contribution in [2.45, 2.75) is 37.9 Å². The number of fused-ring (bicyclic) bond motifs is 1. The molecule has 1 amide bonds. The highest BCUT2D eigenvalue weighted by molar-refractivity contribution is 8.01. The van der Waals surface area contributed by atoms with Crippen LogP contribution < -0.4 is 14.8 Å². The monoisotopic (exact) mass is 423 g/mol. The number of hydrogen-bond acceptors (Lipinski definition) is 5. The van der Waals surface area contributed by atoms with Crippen molar-refractivity contribution in [1.29, 1.82) is 0 Å². The summed E-state index contributed by atoms with van der Waals surface area (Å²) in [6.45, 7) is 6.42. The SMILES string of the molecule is COc1cc([C@H]2S[C@H](C)C(=O)Nc3n[nH]c(C)c32)ccc1OCc1cccc(C)c1. The summed E-state index contributed by atoms with van der Waals surface area (Å²) < 4.78 is 11.7. The molecule has 6 nitrogen and oxygen atoms in total. The Hall–Kier alpha value is -2.93. The number of aryl methyl sites for hydroxylation is 2. The summed E-state index contributed by atoms with van der Waals surface area (Å²) in [4.78, 5) is 12.4. The lowest BCUT2D eigenvalue weighted by molar-refractivity contribution is -0.115. The van der Waals surface area contributed by atoms with Gasteiger partial charge in [0.2, 0.25) is 5.91 Å². The molecule has 7 heteroatoms. The van der Waals surface area contributed by atoms with Crippen LogP contribution in [0.2, 0.25) is 0 Å². The lowest BCUT2D eigenvalue weighted by Gasteiger charge is -2.19. The van der Waals surface area contributed by atoms with Crippen molar-refractivity contribution < 1.29 is 14.3 Å². The molecule has 0 aliphatic carbocycles. The van der Waals surface area contributed by atoms with Gasteiger partial charge in [0.15, 0.2) is 17.3 Å². The Morgan fingerprint density at radius 2 is 1.97 bits per heavy atom. The molecule has 2 N–H and O–H groups in total. The van der Waals surface area contributed by atoms with Crippen LogP contribution in [0.3, 0.4) is 0 Å². The molecule has 3 aromatic rings. The van der Waals surface area contributed by atoms with Gasteiger partial charge in [-0.3, -0.25) is 9.89 Å². The van der Waals surface area contributed by atoms with Crippen molar-refractivity contribution in [3.63, 3.8) is 0 Å². The van der Waals surface area contributed by atoms with E-state index in [-0.39, 0.29) is 16.4 Å². The van der Waals surface area contributed by atoms with E-state index < -0.39 is 0 Å². The summed E-state index contributed by atoms with van der Waals surface area (Å²) in [7, 11) is 1.64. The number of aromatic nitrogens is 2. The number of carbonyl (C=O) groups is 1. The van der Waals surface area contributed by atoms with Crippen molar-refractivity contribution in [3.8, 4) is 11.5 Å². The molecule has 1 aliphatic rings. The van der Waals surface area contributed by atoms with Crippen LogP contribution in [0, 0.1) is 13.8 Å². The fraction of sp³-hybridized carbons (Fsp3) is 0.304. The minimum absolute atomic E-state index is 0.0414. The highest BCUT2D eigenvalue weighted by Gasteiger charge is 2.32. The molecule has 0 saturated carbocycles. The lowest BCUT2D eigenvalue weighted by Crippen LogP contribution is -2.21. The Morgan fingerprint density at radius 1 is 1.13 bits per heavy atom. The van der Waals surface area contributed by atoms with Gasteiger partial charge in [-0.05, 0) is 44.0 Å². The van der Waals surface area contributed by atoms with Crippen molar-refractivity contribution in [2.24, 2.45) is 0 Å². The van der Waals surface area contributed by atoms with Gasteiger partial charge in [0.1, 0.15) is 6.61 Å². The molecular weight excluding hydrogens is 398 g/mol. The molecule has 156 valence electrons. The third-order valence-corrected chi connectivity index (χ3v) is 6.58. The van der Waals surface area contributed by atoms with E-state index in [1.54, 1.807) is 18.9 Å². The highest BCUT2D eigenvalue weighted by atomic mass is 32.2. The fourth-order valence-electron chi connectivity index (χ4n) is 3.58. The Morgan fingerprint density at radius 3 is 2.73 bits per heavy atom. The molecular formula is C23H25N3O3S. The van der Waals surface area contributed by atoms with Crippen LogP contribution in [-0.4, -0.2) is 28.5 Å². The second kappa shape index (κ2) is 8.44. The molecule has 0 radical (unpaired) electrons. The number of benzene rings is 2. The fourth-order valence-corrected chi connectivity index (χ4v) is 4.90. The zero-order valence-electron chi connectivity index (χ0n) is 17.5. The Balaban J connectivity index is 1.63. The van der Waals surface area contributed by atoms with E-state index in [1.165, 1.54) is 5.56 Å². The molecule has 2 atom stereocenters. The number of rotatable bonds is 5. The Bertz CT molecular complexity index is 1080. The smallest absolute Gasteiger partial charge is 0.238 e. The average molecular weight is 424 g/mol. The minimum atomic E-state index is -0.202. The Kier molecular flexibility index (Phi) is 5.72. The van der Waals surface area contributed by atoms with Gasteiger partial charge in [-0.25, -0.2) is 0 Å². The summed E-state index contributed by atoms with van der Waals surface area (Å²) in [5, 5.41) is 9.94. The summed E-state index contributed by atoms with van der Waals surface area (Å²) >= 11 is 1.60. The van der Waals surface area contributed by atoms with Crippen LogP contribution in [0.15, 0.2) is 42.5 Å². The van der Waals surface area contributed by atoms with Gasteiger partial charge < -0.3 is 14.8 Å². The van der Waals surface area contributed by atoms with Crippen molar-refractivity contribution in [2.75, 3.05) is 12.4 Å². The number of anilines is 1. The molecule has 0 bridgehead atoms. The number of hydrogen-bond donors (Lipinski definition) is 2. The first kappa shape index (κ1) is 20.3. The third kappa shape index (κ3) is 4.03. The van der Waals surface area contributed by atoms with Gasteiger partial charge in [0.05, 0.1) is 17.6 Å². The topological polar surface area (TPSA) is 76.2 Å². The quantitative estimate of drug-likeness (QED) is 0.618. The number of ether oxygens (including phenoxy) is 2. The van der Waals surface area contributed by atoms with E-state index in [4.69, 9.17) is 9.47 Å². The molecule has 1 aliphatic heterocycles. The van der Waals surface area contributed by atoms with E-state index in [1.807, 2.05) is 44.2 Å². The first-order valence-electron chi connectivity index (χ1n) is 9.83. The van der Waals surface area contributed by atoms with Crippen molar-refractivity contribution in [1.82, 2.24) is 10.2 Å². The molecule has 0 saturated heterocycles. The van der Waals surface area contributed by atoms with E-state index >= 15 is 0 Å². The molecule has 0 spiro atoms. The largest absolute Gasteiger partial charge is 0.493 e. The van der Waals surface area contributed by atoms with Crippen LogP contribution in [0.5, 0.6) is 11.5 Å². The average Bonchev–Trinajstić information content (AvgIpc) is 3.03. The number of thioether (sulfide) groups is 1. The van der Waals surface area contributed by atoms with E-state index in [9.17, 15) is 4.79 Å². The van der Waals surface area contributed by atoms with E-state index in [0.29, 0.717) is 23.9 Å². The van der Waals surface area contributed by atoms with Crippen molar-refractivity contribution in [3.05, 3.63) is 70.4 Å². The maximum atomic E-state index is 12.4.